The molecule has 1 aliphatic rings. The Labute approximate surface area is 203 Å². The molecule has 5 rings (SSSR count). The standard InChI is InChI=1S/C29H27NO5/c1-18-15-19(2)24-23(16-18)35-28-25(27(24)31)26(30(29(28)32)13-14-33-3)21-9-11-22(12-10-21)34-17-20-7-5-4-6-8-20/h4-12,15-16,26H,13-14,17H2,1-3H3. The van der Waals surface area contributed by atoms with Gasteiger partial charge in [0.2, 0.25) is 5.76 Å². The topological polar surface area (TPSA) is 69.0 Å². The van der Waals surface area contributed by atoms with Crippen LogP contribution in [0, 0.1) is 13.8 Å². The van der Waals surface area contributed by atoms with Gasteiger partial charge in [-0.15, -0.1) is 0 Å². The lowest BCUT2D eigenvalue weighted by atomic mass is 9.97. The molecule has 35 heavy (non-hydrogen) atoms. The van der Waals surface area contributed by atoms with E-state index < -0.39 is 6.04 Å². The van der Waals surface area contributed by atoms with Crippen LogP contribution in [0.5, 0.6) is 5.75 Å². The second kappa shape index (κ2) is 9.39. The van der Waals surface area contributed by atoms with Gasteiger partial charge in [-0.05, 0) is 54.3 Å². The first-order valence-electron chi connectivity index (χ1n) is 11.6. The van der Waals surface area contributed by atoms with E-state index in [-0.39, 0.29) is 17.1 Å². The molecule has 6 nitrogen and oxygen atoms in total. The van der Waals surface area contributed by atoms with E-state index in [0.717, 1.165) is 22.3 Å². The van der Waals surface area contributed by atoms with Crippen molar-refractivity contribution >= 4 is 16.9 Å². The number of rotatable bonds is 7. The quantitative estimate of drug-likeness (QED) is 0.373. The second-order valence-electron chi connectivity index (χ2n) is 8.87. The van der Waals surface area contributed by atoms with Gasteiger partial charge in [0.15, 0.2) is 5.43 Å². The molecular formula is C29H27NO5. The molecule has 0 bridgehead atoms. The highest BCUT2D eigenvalue weighted by molar-refractivity contribution is 5.99. The van der Waals surface area contributed by atoms with Crippen molar-refractivity contribution in [1.82, 2.24) is 4.90 Å². The Balaban J connectivity index is 1.55. The van der Waals surface area contributed by atoms with Crippen molar-refractivity contribution in [2.75, 3.05) is 20.3 Å². The normalized spacial score (nSPS) is 15.0. The van der Waals surface area contributed by atoms with Gasteiger partial charge in [0.05, 0.1) is 23.6 Å². The van der Waals surface area contributed by atoms with Gasteiger partial charge in [0.25, 0.3) is 5.91 Å². The lowest BCUT2D eigenvalue weighted by Crippen LogP contribution is -2.32. The summed E-state index contributed by atoms with van der Waals surface area (Å²) in [6, 6.07) is 20.7. The van der Waals surface area contributed by atoms with Crippen LogP contribution >= 0.6 is 0 Å². The Morgan fingerprint density at radius 2 is 1.71 bits per heavy atom. The van der Waals surface area contributed by atoms with Gasteiger partial charge in [-0.1, -0.05) is 48.5 Å². The summed E-state index contributed by atoms with van der Waals surface area (Å²) in [5.41, 5.74) is 4.36. The van der Waals surface area contributed by atoms with E-state index in [4.69, 9.17) is 13.9 Å². The van der Waals surface area contributed by atoms with Crippen molar-refractivity contribution < 1.29 is 18.7 Å². The van der Waals surface area contributed by atoms with Crippen LogP contribution in [0.1, 0.15) is 44.4 Å². The summed E-state index contributed by atoms with van der Waals surface area (Å²) in [4.78, 5) is 28.8. The lowest BCUT2D eigenvalue weighted by molar-refractivity contribution is 0.0663. The van der Waals surface area contributed by atoms with Crippen molar-refractivity contribution in [2.45, 2.75) is 26.5 Å². The van der Waals surface area contributed by atoms with E-state index in [2.05, 4.69) is 0 Å². The van der Waals surface area contributed by atoms with Crippen LogP contribution in [0.25, 0.3) is 11.0 Å². The van der Waals surface area contributed by atoms with Crippen LogP contribution in [-0.2, 0) is 11.3 Å². The van der Waals surface area contributed by atoms with Gasteiger partial charge in [0.1, 0.15) is 17.9 Å². The zero-order chi connectivity index (χ0) is 24.5. The molecule has 0 fully saturated rings. The van der Waals surface area contributed by atoms with E-state index in [9.17, 15) is 9.59 Å². The first kappa shape index (κ1) is 22.9. The minimum Gasteiger partial charge on any atom is -0.489 e. The predicted octanol–water partition coefficient (Wildman–Crippen LogP) is 5.18. The number of methoxy groups -OCH3 is 1. The van der Waals surface area contributed by atoms with E-state index in [1.54, 1.807) is 12.0 Å². The first-order chi connectivity index (χ1) is 17.0. The molecular weight excluding hydrogens is 442 g/mol. The number of ether oxygens (including phenoxy) is 2. The summed E-state index contributed by atoms with van der Waals surface area (Å²) in [5.74, 6) is 0.519. The van der Waals surface area contributed by atoms with Gasteiger partial charge in [0, 0.05) is 13.7 Å². The molecule has 4 aromatic rings. The number of nitrogens with zero attached hydrogens (tertiary/aromatic N) is 1. The third kappa shape index (κ3) is 4.21. The van der Waals surface area contributed by atoms with E-state index >= 15 is 0 Å². The molecule has 1 atom stereocenters. The molecule has 3 aromatic carbocycles. The fraction of sp³-hybridized carbons (Fsp3) is 0.241. The highest BCUT2D eigenvalue weighted by Gasteiger charge is 2.42. The Hall–Kier alpha value is -3.90. The van der Waals surface area contributed by atoms with Crippen LogP contribution in [0.4, 0.5) is 0 Å². The molecule has 1 unspecified atom stereocenters. The molecule has 0 aliphatic carbocycles. The number of fused-ring (bicyclic) bond motifs is 2. The number of aryl methyl sites for hydroxylation is 2. The molecule has 0 spiro atoms. The van der Waals surface area contributed by atoms with Crippen molar-refractivity contribution in [1.29, 1.82) is 0 Å². The van der Waals surface area contributed by atoms with Gasteiger partial charge in [-0.25, -0.2) is 0 Å². The summed E-state index contributed by atoms with van der Waals surface area (Å²) in [6.07, 6.45) is 0. The number of amides is 1. The zero-order valence-corrected chi connectivity index (χ0v) is 20.0. The fourth-order valence-electron chi connectivity index (χ4n) is 4.77. The largest absolute Gasteiger partial charge is 0.489 e. The number of benzene rings is 3. The molecule has 0 radical (unpaired) electrons. The summed E-state index contributed by atoms with van der Waals surface area (Å²) in [7, 11) is 1.59. The third-order valence-electron chi connectivity index (χ3n) is 6.39. The summed E-state index contributed by atoms with van der Waals surface area (Å²) in [6.45, 7) is 4.98. The summed E-state index contributed by atoms with van der Waals surface area (Å²) >= 11 is 0. The van der Waals surface area contributed by atoms with E-state index in [1.807, 2.05) is 80.6 Å². The first-order valence-corrected chi connectivity index (χ1v) is 11.6. The Bertz CT molecular complexity index is 1440. The van der Waals surface area contributed by atoms with Crippen LogP contribution < -0.4 is 10.2 Å². The molecule has 2 heterocycles. The molecule has 0 N–H and O–H groups in total. The van der Waals surface area contributed by atoms with Crippen molar-refractivity contribution in [3.8, 4) is 5.75 Å². The van der Waals surface area contributed by atoms with E-state index in [1.165, 1.54) is 0 Å². The smallest absolute Gasteiger partial charge is 0.290 e. The van der Waals surface area contributed by atoms with Crippen LogP contribution in [0.3, 0.4) is 0 Å². The van der Waals surface area contributed by atoms with E-state index in [0.29, 0.717) is 42.0 Å². The van der Waals surface area contributed by atoms with Crippen LogP contribution in [0.2, 0.25) is 0 Å². The maximum Gasteiger partial charge on any atom is 0.290 e. The van der Waals surface area contributed by atoms with Gasteiger partial charge >= 0.3 is 0 Å². The Kier molecular flexibility index (Phi) is 6.14. The predicted molar refractivity (Wildman–Crippen MR) is 134 cm³/mol. The fourth-order valence-corrected chi connectivity index (χ4v) is 4.77. The van der Waals surface area contributed by atoms with Gasteiger partial charge < -0.3 is 18.8 Å². The minimum atomic E-state index is -0.558. The average molecular weight is 470 g/mol. The van der Waals surface area contributed by atoms with Gasteiger partial charge in [-0.2, -0.15) is 0 Å². The maximum atomic E-state index is 13.7. The number of carbonyl (C=O) groups excluding carboxylic acids is 1. The van der Waals surface area contributed by atoms with Crippen LogP contribution in [0.15, 0.2) is 75.9 Å². The van der Waals surface area contributed by atoms with Crippen molar-refractivity contribution in [2.24, 2.45) is 0 Å². The third-order valence-corrected chi connectivity index (χ3v) is 6.39. The van der Waals surface area contributed by atoms with Crippen LogP contribution in [-0.4, -0.2) is 31.1 Å². The minimum absolute atomic E-state index is 0.109. The van der Waals surface area contributed by atoms with Crippen molar-refractivity contribution in [3.63, 3.8) is 0 Å². The molecule has 1 aromatic heterocycles. The highest BCUT2D eigenvalue weighted by atomic mass is 16.5. The number of carbonyl (C=O) groups is 1. The summed E-state index contributed by atoms with van der Waals surface area (Å²) in [5, 5.41) is 0.517. The molecule has 0 saturated carbocycles. The summed E-state index contributed by atoms with van der Waals surface area (Å²) < 4.78 is 17.2. The van der Waals surface area contributed by atoms with Crippen molar-refractivity contribution in [3.05, 3.63) is 111 Å². The number of hydrogen-bond donors (Lipinski definition) is 0. The zero-order valence-electron chi connectivity index (χ0n) is 20.0. The Morgan fingerprint density at radius 1 is 0.971 bits per heavy atom. The molecule has 6 heteroatoms. The number of hydrogen-bond acceptors (Lipinski definition) is 5. The monoisotopic (exact) mass is 469 g/mol. The molecule has 178 valence electrons. The Morgan fingerprint density at radius 3 is 2.43 bits per heavy atom. The average Bonchev–Trinajstić information content (AvgIpc) is 3.13. The maximum absolute atomic E-state index is 13.7. The molecule has 1 amide bonds. The molecule has 1 aliphatic heterocycles. The highest BCUT2D eigenvalue weighted by Crippen LogP contribution is 2.39. The molecule has 0 saturated heterocycles. The van der Waals surface area contributed by atoms with Gasteiger partial charge in [-0.3, -0.25) is 9.59 Å². The SMILES string of the molecule is COCCN1C(=O)c2oc3cc(C)cc(C)c3c(=O)c2C1c1ccc(OCc2ccccc2)cc1. The lowest BCUT2D eigenvalue weighted by Gasteiger charge is -2.25. The second-order valence-corrected chi connectivity index (χ2v) is 8.87.